The minimum absolute atomic E-state index is 0.428. The molecule has 228 valence electrons. The fraction of sp³-hybridized carbons (Fsp3) is 0.300. The number of hydrogen-bond donors (Lipinski definition) is 0. The van der Waals surface area contributed by atoms with Crippen LogP contribution in [0, 0.1) is 0 Å². The highest BCUT2D eigenvalue weighted by Crippen LogP contribution is 2.18. The second-order valence-electron chi connectivity index (χ2n) is 12.0. The lowest BCUT2D eigenvalue weighted by Gasteiger charge is -2.40. The molecule has 6 rings (SSSR count). The van der Waals surface area contributed by atoms with Crippen LogP contribution in [0.1, 0.15) is 22.3 Å². The summed E-state index contributed by atoms with van der Waals surface area (Å²) in [4.78, 5) is 10.1. The Morgan fingerprint density at radius 3 is 1.02 bits per heavy atom. The smallest absolute Gasteiger partial charge is 0.0407 e. The second-order valence-corrected chi connectivity index (χ2v) is 12.0. The molecule has 0 aromatic heterocycles. The van der Waals surface area contributed by atoms with Gasteiger partial charge >= 0.3 is 0 Å². The van der Waals surface area contributed by atoms with Crippen LogP contribution in [0.25, 0.3) is 0 Å². The summed E-state index contributed by atoms with van der Waals surface area (Å²) in [5.74, 6) is 0. The zero-order valence-electron chi connectivity index (χ0n) is 26.1. The second kappa shape index (κ2) is 16.9. The van der Waals surface area contributed by atoms with Gasteiger partial charge in [-0.25, -0.2) is 0 Å². The van der Waals surface area contributed by atoms with Crippen molar-refractivity contribution in [3.05, 3.63) is 169 Å². The maximum Gasteiger partial charge on any atom is 0.0407 e. The topological polar surface area (TPSA) is 13.0 Å². The molecule has 2 fully saturated rings. The van der Waals surface area contributed by atoms with Gasteiger partial charge in [0.25, 0.3) is 0 Å². The van der Waals surface area contributed by atoms with Gasteiger partial charge in [0.15, 0.2) is 0 Å². The Labute approximate surface area is 265 Å². The van der Waals surface area contributed by atoms with E-state index in [2.05, 4.69) is 166 Å². The van der Waals surface area contributed by atoms with E-state index in [0.717, 1.165) is 65.4 Å². The Hall–Kier alpha value is -3.80. The minimum atomic E-state index is 0.428. The lowest BCUT2D eigenvalue weighted by Crippen LogP contribution is -2.51. The van der Waals surface area contributed by atoms with Gasteiger partial charge < -0.3 is 0 Å². The Bertz CT molecular complexity index is 1270. The zero-order valence-corrected chi connectivity index (χ0v) is 26.1. The summed E-state index contributed by atoms with van der Waals surface area (Å²) >= 11 is 0. The van der Waals surface area contributed by atoms with E-state index < -0.39 is 0 Å². The fourth-order valence-electron chi connectivity index (χ4n) is 6.26. The molecule has 0 amide bonds. The van der Waals surface area contributed by atoms with Crippen LogP contribution in [-0.4, -0.2) is 71.0 Å². The molecule has 0 saturated carbocycles. The molecule has 2 aliphatic rings. The van der Waals surface area contributed by atoms with Crippen LogP contribution < -0.4 is 0 Å². The Morgan fingerprint density at radius 1 is 0.432 bits per heavy atom. The zero-order chi connectivity index (χ0) is 30.4. The molecule has 2 aliphatic heterocycles. The largest absolute Gasteiger partial charge is 0.296 e. The van der Waals surface area contributed by atoms with Crippen molar-refractivity contribution in [1.29, 1.82) is 0 Å². The molecule has 0 aliphatic carbocycles. The minimum Gasteiger partial charge on any atom is -0.296 e. The quantitative estimate of drug-likeness (QED) is 0.184. The summed E-state index contributed by atoms with van der Waals surface area (Å²) < 4.78 is 0. The van der Waals surface area contributed by atoms with Gasteiger partial charge in [-0.3, -0.25) is 19.6 Å². The van der Waals surface area contributed by atoms with Crippen molar-refractivity contribution in [2.75, 3.05) is 39.3 Å². The Morgan fingerprint density at radius 2 is 0.727 bits per heavy atom. The van der Waals surface area contributed by atoms with E-state index in [9.17, 15) is 0 Å². The molecule has 0 bridgehead atoms. The molecule has 2 atom stereocenters. The molecular weight excluding hydrogens is 536 g/mol. The van der Waals surface area contributed by atoms with Gasteiger partial charge in [0.1, 0.15) is 0 Å². The van der Waals surface area contributed by atoms with Crippen LogP contribution >= 0.6 is 0 Å². The Kier molecular flexibility index (Phi) is 12.1. The van der Waals surface area contributed by atoms with Crippen LogP contribution in [0.4, 0.5) is 0 Å². The predicted molar refractivity (Wildman–Crippen MR) is 185 cm³/mol. The lowest BCUT2D eigenvalue weighted by atomic mass is 10.1. The van der Waals surface area contributed by atoms with Gasteiger partial charge in [0.05, 0.1) is 0 Å². The molecule has 2 heterocycles. The fourth-order valence-corrected chi connectivity index (χ4v) is 6.26. The number of rotatable bonds is 10. The van der Waals surface area contributed by atoms with Gasteiger partial charge in [-0.2, -0.15) is 0 Å². The van der Waals surface area contributed by atoms with Gasteiger partial charge in [-0.05, 0) is 22.3 Å². The van der Waals surface area contributed by atoms with Crippen LogP contribution in [0.2, 0.25) is 0 Å². The van der Waals surface area contributed by atoms with Crippen molar-refractivity contribution in [3.63, 3.8) is 0 Å². The molecule has 0 unspecified atom stereocenters. The average molecular weight is 585 g/mol. The molecule has 4 heteroatoms. The van der Waals surface area contributed by atoms with Crippen molar-refractivity contribution in [2.45, 2.75) is 38.3 Å². The number of nitrogens with zero attached hydrogens (tertiary/aromatic N) is 4. The third-order valence-electron chi connectivity index (χ3n) is 8.73. The van der Waals surface area contributed by atoms with Gasteiger partial charge in [-0.1, -0.05) is 133 Å². The SMILES string of the molecule is C=C[C@@H]1CN(Cc2ccccc2)CCN1Cc1ccccc1.C=C[C@H]1CN(Cc2ccccc2)CCN1Cc1ccccc1. The molecular formula is C40H48N4. The van der Waals surface area contributed by atoms with Gasteiger partial charge in [0, 0.05) is 77.5 Å². The lowest BCUT2D eigenvalue weighted by molar-refractivity contribution is 0.0870. The van der Waals surface area contributed by atoms with E-state index in [4.69, 9.17) is 0 Å². The van der Waals surface area contributed by atoms with E-state index in [1.54, 1.807) is 0 Å². The van der Waals surface area contributed by atoms with E-state index >= 15 is 0 Å². The highest BCUT2D eigenvalue weighted by molar-refractivity contribution is 5.18. The van der Waals surface area contributed by atoms with Crippen molar-refractivity contribution < 1.29 is 0 Å². The van der Waals surface area contributed by atoms with E-state index in [-0.39, 0.29) is 0 Å². The molecule has 44 heavy (non-hydrogen) atoms. The highest BCUT2D eigenvalue weighted by atomic mass is 15.3. The molecule has 4 aromatic rings. The molecule has 4 aromatic carbocycles. The molecule has 4 nitrogen and oxygen atoms in total. The third kappa shape index (κ3) is 9.60. The maximum absolute atomic E-state index is 4.05. The number of benzene rings is 4. The van der Waals surface area contributed by atoms with Gasteiger partial charge in [0.2, 0.25) is 0 Å². The first-order valence-corrected chi connectivity index (χ1v) is 16.0. The van der Waals surface area contributed by atoms with E-state index in [0.29, 0.717) is 12.1 Å². The molecule has 2 saturated heterocycles. The summed E-state index contributed by atoms with van der Waals surface area (Å²) in [6, 6.07) is 43.7. The monoisotopic (exact) mass is 584 g/mol. The van der Waals surface area contributed by atoms with Crippen LogP contribution in [0.5, 0.6) is 0 Å². The Balaban J connectivity index is 0.000000175. The molecule has 0 radical (unpaired) electrons. The molecule has 0 spiro atoms. The average Bonchev–Trinajstić information content (AvgIpc) is 3.08. The number of piperazine rings is 2. The van der Waals surface area contributed by atoms with Gasteiger partial charge in [-0.15, -0.1) is 13.2 Å². The first-order chi connectivity index (χ1) is 21.7. The molecule has 0 N–H and O–H groups in total. The summed E-state index contributed by atoms with van der Waals surface area (Å²) in [7, 11) is 0. The van der Waals surface area contributed by atoms with E-state index in [1.165, 1.54) is 22.3 Å². The normalized spacial score (nSPS) is 19.9. The van der Waals surface area contributed by atoms with Crippen molar-refractivity contribution in [2.24, 2.45) is 0 Å². The first kappa shape index (κ1) is 31.6. The predicted octanol–water partition coefficient (Wildman–Crippen LogP) is 7.12. The van der Waals surface area contributed by atoms with Crippen LogP contribution in [0.15, 0.2) is 147 Å². The van der Waals surface area contributed by atoms with Crippen molar-refractivity contribution >= 4 is 0 Å². The van der Waals surface area contributed by atoms with Crippen LogP contribution in [0.3, 0.4) is 0 Å². The van der Waals surface area contributed by atoms with Crippen molar-refractivity contribution in [1.82, 2.24) is 19.6 Å². The third-order valence-corrected chi connectivity index (χ3v) is 8.73. The standard InChI is InChI=1S/2C20H24N2/c2*1-2-20-17-21(15-18-9-5-3-6-10-18)13-14-22(20)16-19-11-7-4-8-12-19/h2*2-12,20H,1,13-17H2/t2*20-/m10/s1. The summed E-state index contributed by atoms with van der Waals surface area (Å²) in [6.45, 7) is 18.7. The summed E-state index contributed by atoms with van der Waals surface area (Å²) in [5, 5.41) is 0. The summed E-state index contributed by atoms with van der Waals surface area (Å²) in [6.07, 6.45) is 4.19. The van der Waals surface area contributed by atoms with E-state index in [1.807, 2.05) is 0 Å². The van der Waals surface area contributed by atoms with Crippen molar-refractivity contribution in [3.8, 4) is 0 Å². The summed E-state index contributed by atoms with van der Waals surface area (Å²) in [5.41, 5.74) is 5.54. The maximum atomic E-state index is 4.05. The number of hydrogen-bond acceptors (Lipinski definition) is 4. The highest BCUT2D eigenvalue weighted by Gasteiger charge is 2.26. The first-order valence-electron chi connectivity index (χ1n) is 16.0. The van der Waals surface area contributed by atoms with Crippen LogP contribution in [-0.2, 0) is 26.2 Å².